The van der Waals surface area contributed by atoms with Gasteiger partial charge >= 0.3 is 0 Å². The first-order chi connectivity index (χ1) is 19.2. The van der Waals surface area contributed by atoms with Crippen LogP contribution in [0.1, 0.15) is 32.6 Å². The number of aliphatic hydroxyl groups is 1. The third kappa shape index (κ3) is 4.67. The van der Waals surface area contributed by atoms with Gasteiger partial charge in [-0.3, -0.25) is 29.0 Å². The number of ketones is 1. The monoisotopic (exact) mass is 540 g/mol. The van der Waals surface area contributed by atoms with Crippen molar-refractivity contribution in [3.05, 3.63) is 84.9 Å². The Balaban J connectivity index is 1.60. The number of carbonyl (C=O) groups excluding carboxylic acids is 4. The number of nitrogens with two attached hydrogens (primary N) is 1. The Hall–Kier alpha value is -4.34. The molecule has 0 saturated heterocycles. The molecular weight excluding hydrogens is 508 g/mol. The van der Waals surface area contributed by atoms with Crippen LogP contribution in [0.3, 0.4) is 0 Å². The average Bonchev–Trinajstić information content (AvgIpc) is 3.51. The maximum absolute atomic E-state index is 14.4. The summed E-state index contributed by atoms with van der Waals surface area (Å²) in [6.45, 7) is 1.37. The van der Waals surface area contributed by atoms with Crippen LogP contribution >= 0.6 is 0 Å². The van der Waals surface area contributed by atoms with Crippen LogP contribution in [0.4, 0.5) is 22.7 Å². The molecule has 40 heavy (non-hydrogen) atoms. The van der Waals surface area contributed by atoms with E-state index in [2.05, 4.69) is 5.32 Å². The molecule has 0 bridgehead atoms. The zero-order chi connectivity index (χ0) is 28.4. The van der Waals surface area contributed by atoms with Crippen LogP contribution in [0, 0.1) is 5.92 Å². The third-order valence-electron chi connectivity index (χ3n) is 7.73. The zero-order valence-corrected chi connectivity index (χ0v) is 22.2. The van der Waals surface area contributed by atoms with E-state index in [-0.39, 0.29) is 5.92 Å². The molecule has 1 saturated carbocycles. The summed E-state index contributed by atoms with van der Waals surface area (Å²) < 4.78 is 0. The SMILES string of the molecule is C[C@H](NC(=O)C(O)C1CCCC1)C(=O)C1(N)C(=O)N(c2ccccc2)c2ccccc2N(c2ccccc2)C1=O. The molecule has 1 aliphatic heterocycles. The maximum Gasteiger partial charge on any atom is 0.269 e. The lowest BCUT2D eigenvalue weighted by molar-refractivity contribution is -0.144. The smallest absolute Gasteiger partial charge is 0.269 e. The highest BCUT2D eigenvalue weighted by Gasteiger charge is 2.58. The van der Waals surface area contributed by atoms with Crippen LogP contribution in [0.15, 0.2) is 84.9 Å². The first-order valence-electron chi connectivity index (χ1n) is 13.4. The molecule has 3 aromatic rings. The maximum atomic E-state index is 14.4. The highest BCUT2D eigenvalue weighted by molar-refractivity contribution is 6.39. The Labute approximate surface area is 232 Å². The number of rotatable bonds is 7. The Morgan fingerprint density at radius 1 is 0.825 bits per heavy atom. The molecule has 1 unspecified atom stereocenters. The van der Waals surface area contributed by atoms with Crippen molar-refractivity contribution >= 4 is 46.3 Å². The van der Waals surface area contributed by atoms with Crippen LogP contribution < -0.4 is 20.9 Å². The van der Waals surface area contributed by atoms with E-state index in [4.69, 9.17) is 5.73 Å². The highest BCUT2D eigenvalue weighted by Crippen LogP contribution is 2.43. The summed E-state index contributed by atoms with van der Waals surface area (Å²) in [6, 6.07) is 22.8. The van der Waals surface area contributed by atoms with Crippen molar-refractivity contribution in [2.24, 2.45) is 11.7 Å². The standard InChI is InChI=1S/C31H32N4O5/c1-20(33-28(38)26(36)21-12-8-9-13-21)27(37)31(32)29(39)34(22-14-4-2-5-15-22)24-18-10-11-19-25(24)35(30(31)40)23-16-6-3-7-17-23/h2-7,10-11,14-21,26,36H,8-9,12-13,32H2,1H3,(H,33,38)/t20-,26?/m0/s1. The number of hydrogen-bond donors (Lipinski definition) is 3. The van der Waals surface area contributed by atoms with E-state index in [0.717, 1.165) is 12.8 Å². The number of anilines is 4. The summed E-state index contributed by atoms with van der Waals surface area (Å²) in [5, 5.41) is 13.1. The predicted octanol–water partition coefficient (Wildman–Crippen LogP) is 3.35. The topological polar surface area (TPSA) is 133 Å². The molecular formula is C31H32N4O5. The normalized spacial score (nSPS) is 18.6. The molecule has 2 aliphatic rings. The van der Waals surface area contributed by atoms with E-state index < -0.39 is 41.2 Å². The first-order valence-corrected chi connectivity index (χ1v) is 13.4. The van der Waals surface area contributed by atoms with Gasteiger partial charge in [-0.25, -0.2) is 0 Å². The number of aliphatic hydroxyl groups excluding tert-OH is 1. The van der Waals surface area contributed by atoms with E-state index >= 15 is 0 Å². The number of hydrogen-bond acceptors (Lipinski definition) is 6. The highest BCUT2D eigenvalue weighted by atomic mass is 16.3. The van der Waals surface area contributed by atoms with Gasteiger partial charge in [0.15, 0.2) is 5.78 Å². The van der Waals surface area contributed by atoms with Crippen molar-refractivity contribution in [3.63, 3.8) is 0 Å². The van der Waals surface area contributed by atoms with Gasteiger partial charge in [0.2, 0.25) is 11.4 Å². The molecule has 9 heteroatoms. The molecule has 4 N–H and O–H groups in total. The van der Waals surface area contributed by atoms with Gasteiger partial charge in [0.05, 0.1) is 17.4 Å². The minimum atomic E-state index is -2.70. The molecule has 0 spiro atoms. The minimum absolute atomic E-state index is 0.202. The summed E-state index contributed by atoms with van der Waals surface area (Å²) in [5.74, 6) is -3.81. The second kappa shape index (κ2) is 11.0. The summed E-state index contributed by atoms with van der Waals surface area (Å²) >= 11 is 0. The van der Waals surface area contributed by atoms with Crippen molar-refractivity contribution in [2.45, 2.75) is 50.3 Å². The molecule has 2 atom stereocenters. The number of nitrogens with zero attached hydrogens (tertiary/aromatic N) is 2. The van der Waals surface area contributed by atoms with Crippen LogP contribution in [0.25, 0.3) is 0 Å². The van der Waals surface area contributed by atoms with E-state index in [1.165, 1.54) is 16.7 Å². The van der Waals surface area contributed by atoms with Gasteiger partial charge in [0, 0.05) is 11.4 Å². The second-order valence-electron chi connectivity index (χ2n) is 10.3. The molecule has 3 aromatic carbocycles. The van der Waals surface area contributed by atoms with Gasteiger partial charge in [-0.1, -0.05) is 61.4 Å². The number of fused-ring (bicyclic) bond motifs is 1. The molecule has 1 aliphatic carbocycles. The van der Waals surface area contributed by atoms with Crippen molar-refractivity contribution < 1.29 is 24.3 Å². The Bertz CT molecular complexity index is 1340. The Kier molecular flexibility index (Phi) is 7.51. The van der Waals surface area contributed by atoms with Crippen LogP contribution in [0.2, 0.25) is 0 Å². The van der Waals surface area contributed by atoms with Gasteiger partial charge < -0.3 is 16.2 Å². The van der Waals surface area contributed by atoms with Gasteiger partial charge in [-0.15, -0.1) is 0 Å². The van der Waals surface area contributed by atoms with Gasteiger partial charge in [-0.05, 0) is 62.1 Å². The van der Waals surface area contributed by atoms with Crippen LogP contribution in [0.5, 0.6) is 0 Å². The number of Topliss-reactive ketones (excluding diaryl/α,β-unsaturated/α-hetero) is 1. The molecule has 3 amide bonds. The molecule has 0 aromatic heterocycles. The van der Waals surface area contributed by atoms with E-state index in [9.17, 15) is 24.3 Å². The summed E-state index contributed by atoms with van der Waals surface area (Å²) in [5.41, 5.74) is 5.52. The molecule has 5 rings (SSSR count). The lowest BCUT2D eigenvalue weighted by Gasteiger charge is -2.33. The number of carbonyl (C=O) groups is 4. The molecule has 206 valence electrons. The van der Waals surface area contributed by atoms with E-state index in [1.54, 1.807) is 84.9 Å². The van der Waals surface area contributed by atoms with Gasteiger partial charge in [0.1, 0.15) is 6.10 Å². The third-order valence-corrected chi connectivity index (χ3v) is 7.73. The molecule has 1 heterocycles. The van der Waals surface area contributed by atoms with Crippen LogP contribution in [-0.4, -0.2) is 46.3 Å². The fourth-order valence-electron chi connectivity index (χ4n) is 5.58. The lowest BCUT2D eigenvalue weighted by atomic mass is 9.87. The molecule has 1 fully saturated rings. The Morgan fingerprint density at radius 3 is 1.70 bits per heavy atom. The predicted molar refractivity (Wildman–Crippen MR) is 151 cm³/mol. The van der Waals surface area contributed by atoms with E-state index in [1.807, 2.05) is 0 Å². The largest absolute Gasteiger partial charge is 0.383 e. The summed E-state index contributed by atoms with van der Waals surface area (Å²) in [6.07, 6.45) is 1.97. The van der Waals surface area contributed by atoms with Crippen molar-refractivity contribution in [1.29, 1.82) is 0 Å². The van der Waals surface area contributed by atoms with Gasteiger partial charge in [0.25, 0.3) is 11.8 Å². The van der Waals surface area contributed by atoms with Gasteiger partial charge in [-0.2, -0.15) is 0 Å². The van der Waals surface area contributed by atoms with Crippen molar-refractivity contribution in [1.82, 2.24) is 5.32 Å². The summed E-state index contributed by atoms with van der Waals surface area (Å²) in [7, 11) is 0. The van der Waals surface area contributed by atoms with Crippen molar-refractivity contribution in [3.8, 4) is 0 Å². The second-order valence-corrected chi connectivity index (χ2v) is 10.3. The number of amides is 3. The lowest BCUT2D eigenvalue weighted by Crippen LogP contribution is -2.70. The van der Waals surface area contributed by atoms with E-state index in [0.29, 0.717) is 35.6 Å². The fraction of sp³-hybridized carbons (Fsp3) is 0.290. The first kappa shape index (κ1) is 27.2. The number of para-hydroxylation sites is 4. The number of benzene rings is 3. The number of nitrogens with one attached hydrogen (secondary N) is 1. The molecule has 0 radical (unpaired) electrons. The fourth-order valence-corrected chi connectivity index (χ4v) is 5.58. The summed E-state index contributed by atoms with van der Waals surface area (Å²) in [4.78, 5) is 58.2. The van der Waals surface area contributed by atoms with Crippen LogP contribution in [-0.2, 0) is 19.2 Å². The quantitative estimate of drug-likeness (QED) is 0.394. The Morgan fingerprint density at radius 2 is 1.25 bits per heavy atom. The van der Waals surface area contributed by atoms with Crippen molar-refractivity contribution in [2.75, 3.05) is 9.80 Å². The molecule has 9 nitrogen and oxygen atoms in total. The minimum Gasteiger partial charge on any atom is -0.383 e. The average molecular weight is 541 g/mol. The zero-order valence-electron chi connectivity index (χ0n) is 22.2.